The topological polar surface area (TPSA) is 29.0 Å². The monoisotopic (exact) mass is 241 g/mol. The maximum atomic E-state index is 5.88. The molecule has 0 amide bonds. The lowest BCUT2D eigenvalue weighted by Gasteiger charge is -2.11. The second kappa shape index (κ2) is 3.94. The zero-order valence-corrected chi connectivity index (χ0v) is 10.5. The number of aryl methyl sites for hydroxylation is 1. The van der Waals surface area contributed by atoms with E-state index >= 15 is 0 Å². The van der Waals surface area contributed by atoms with Gasteiger partial charge in [-0.25, -0.2) is 4.98 Å². The Hall–Kier alpha value is -0.870. The van der Waals surface area contributed by atoms with Gasteiger partial charge in [0.15, 0.2) is 0 Å². The first-order valence-electron chi connectivity index (χ1n) is 4.75. The molecule has 15 heavy (non-hydrogen) atoms. The van der Waals surface area contributed by atoms with Gasteiger partial charge in [-0.1, -0.05) is 6.92 Å². The van der Waals surface area contributed by atoms with Crippen LogP contribution in [0.25, 0.3) is 10.2 Å². The van der Waals surface area contributed by atoms with Gasteiger partial charge in [0.2, 0.25) is 5.28 Å². The van der Waals surface area contributed by atoms with Crippen LogP contribution in [-0.4, -0.2) is 24.1 Å². The van der Waals surface area contributed by atoms with Crippen molar-refractivity contribution in [2.45, 2.75) is 13.3 Å². The average molecular weight is 242 g/mol. The number of aromatic nitrogens is 2. The number of fused-ring (bicyclic) bond motifs is 1. The molecule has 0 radical (unpaired) electrons. The predicted molar refractivity (Wildman–Crippen MR) is 66.1 cm³/mol. The minimum Gasteiger partial charge on any atom is -0.362 e. The van der Waals surface area contributed by atoms with Gasteiger partial charge in [0.05, 0.1) is 5.39 Å². The molecule has 0 unspecified atom stereocenters. The van der Waals surface area contributed by atoms with E-state index in [-0.39, 0.29) is 0 Å². The summed E-state index contributed by atoms with van der Waals surface area (Å²) in [6.45, 7) is 2.13. The van der Waals surface area contributed by atoms with E-state index < -0.39 is 0 Å². The molecule has 0 saturated heterocycles. The van der Waals surface area contributed by atoms with Gasteiger partial charge in [-0.2, -0.15) is 4.98 Å². The molecule has 2 aromatic heterocycles. The molecule has 0 N–H and O–H groups in total. The Morgan fingerprint density at radius 1 is 1.40 bits per heavy atom. The Morgan fingerprint density at radius 3 is 2.73 bits per heavy atom. The summed E-state index contributed by atoms with van der Waals surface area (Å²) in [5.41, 5.74) is 0. The van der Waals surface area contributed by atoms with Gasteiger partial charge in [0.1, 0.15) is 10.6 Å². The van der Waals surface area contributed by atoms with Crippen molar-refractivity contribution in [2.75, 3.05) is 19.0 Å². The second-order valence-electron chi connectivity index (χ2n) is 3.50. The average Bonchev–Trinajstić information content (AvgIpc) is 2.58. The highest BCUT2D eigenvalue weighted by Crippen LogP contribution is 2.31. The number of rotatable bonds is 2. The third kappa shape index (κ3) is 1.92. The van der Waals surface area contributed by atoms with Gasteiger partial charge in [0.25, 0.3) is 0 Å². The van der Waals surface area contributed by atoms with Gasteiger partial charge in [-0.05, 0) is 24.1 Å². The molecule has 2 heterocycles. The van der Waals surface area contributed by atoms with E-state index in [4.69, 9.17) is 11.6 Å². The number of anilines is 1. The molecule has 0 saturated carbocycles. The number of hydrogen-bond acceptors (Lipinski definition) is 4. The lowest BCUT2D eigenvalue weighted by molar-refractivity contribution is 1.06. The molecule has 0 atom stereocenters. The van der Waals surface area contributed by atoms with Crippen LogP contribution in [0.15, 0.2) is 6.07 Å². The van der Waals surface area contributed by atoms with Crippen LogP contribution >= 0.6 is 22.9 Å². The number of hydrogen-bond donors (Lipinski definition) is 0. The lowest BCUT2D eigenvalue weighted by Crippen LogP contribution is -2.11. The quantitative estimate of drug-likeness (QED) is 0.757. The zero-order chi connectivity index (χ0) is 11.0. The number of halogens is 1. The standard InChI is InChI=1S/C10H12ClN3S/c1-4-6-5-7-8(14(2)3)12-10(11)13-9(7)15-6/h5H,4H2,1-3H3. The maximum absolute atomic E-state index is 5.88. The van der Waals surface area contributed by atoms with Crippen molar-refractivity contribution in [2.24, 2.45) is 0 Å². The summed E-state index contributed by atoms with van der Waals surface area (Å²) >= 11 is 7.56. The summed E-state index contributed by atoms with van der Waals surface area (Å²) in [6, 6.07) is 2.14. The summed E-state index contributed by atoms with van der Waals surface area (Å²) < 4.78 is 0. The lowest BCUT2D eigenvalue weighted by atomic mass is 10.3. The van der Waals surface area contributed by atoms with Gasteiger partial charge in [-0.15, -0.1) is 11.3 Å². The third-order valence-electron chi connectivity index (χ3n) is 2.17. The van der Waals surface area contributed by atoms with Gasteiger partial charge in [0, 0.05) is 19.0 Å². The molecule has 0 aliphatic carbocycles. The normalized spacial score (nSPS) is 10.9. The highest BCUT2D eigenvalue weighted by molar-refractivity contribution is 7.18. The van der Waals surface area contributed by atoms with E-state index in [9.17, 15) is 0 Å². The Morgan fingerprint density at radius 2 is 2.13 bits per heavy atom. The van der Waals surface area contributed by atoms with Crippen molar-refractivity contribution >= 4 is 39.0 Å². The zero-order valence-electron chi connectivity index (χ0n) is 8.91. The molecule has 3 nitrogen and oxygen atoms in total. The van der Waals surface area contributed by atoms with Crippen LogP contribution in [0.5, 0.6) is 0 Å². The summed E-state index contributed by atoms with van der Waals surface area (Å²) in [4.78, 5) is 12.7. The van der Waals surface area contributed by atoms with Crippen LogP contribution in [0.1, 0.15) is 11.8 Å². The SMILES string of the molecule is CCc1cc2c(N(C)C)nc(Cl)nc2s1. The fourth-order valence-corrected chi connectivity index (χ4v) is 2.62. The van der Waals surface area contributed by atoms with Crippen LogP contribution in [0.4, 0.5) is 5.82 Å². The molecule has 0 aliphatic rings. The molecule has 0 bridgehead atoms. The highest BCUT2D eigenvalue weighted by atomic mass is 35.5. The summed E-state index contributed by atoms with van der Waals surface area (Å²) in [5.74, 6) is 0.890. The smallest absolute Gasteiger partial charge is 0.225 e. The number of thiophene rings is 1. The molecule has 0 aromatic carbocycles. The van der Waals surface area contributed by atoms with Crippen LogP contribution in [0, 0.1) is 0 Å². The Bertz CT molecular complexity index is 493. The van der Waals surface area contributed by atoms with Gasteiger partial charge < -0.3 is 4.90 Å². The number of nitrogens with zero attached hydrogens (tertiary/aromatic N) is 3. The second-order valence-corrected chi connectivity index (χ2v) is 4.95. The van der Waals surface area contributed by atoms with Crippen molar-refractivity contribution in [3.8, 4) is 0 Å². The van der Waals surface area contributed by atoms with E-state index in [0.29, 0.717) is 5.28 Å². The molecular formula is C10H12ClN3S. The maximum Gasteiger partial charge on any atom is 0.225 e. The predicted octanol–water partition coefficient (Wildman–Crippen LogP) is 2.97. The Labute approximate surface area is 97.7 Å². The van der Waals surface area contributed by atoms with Crippen LogP contribution in [-0.2, 0) is 6.42 Å². The minimum atomic E-state index is 0.315. The highest BCUT2D eigenvalue weighted by Gasteiger charge is 2.11. The fourth-order valence-electron chi connectivity index (χ4n) is 1.45. The van der Waals surface area contributed by atoms with Gasteiger partial charge in [-0.3, -0.25) is 0 Å². The van der Waals surface area contributed by atoms with Crippen molar-refractivity contribution in [3.63, 3.8) is 0 Å². The Balaban J connectivity index is 2.72. The van der Waals surface area contributed by atoms with E-state index in [2.05, 4.69) is 23.0 Å². The van der Waals surface area contributed by atoms with Crippen molar-refractivity contribution in [1.82, 2.24) is 9.97 Å². The first kappa shape index (κ1) is 10.6. The molecule has 80 valence electrons. The van der Waals surface area contributed by atoms with Crippen molar-refractivity contribution < 1.29 is 0 Å². The van der Waals surface area contributed by atoms with Crippen LogP contribution < -0.4 is 4.90 Å². The molecule has 0 aliphatic heterocycles. The minimum absolute atomic E-state index is 0.315. The summed E-state index contributed by atoms with van der Waals surface area (Å²) in [5, 5.41) is 1.40. The summed E-state index contributed by atoms with van der Waals surface area (Å²) in [7, 11) is 3.92. The molecule has 0 spiro atoms. The molecule has 2 aromatic rings. The van der Waals surface area contributed by atoms with Crippen LogP contribution in [0.2, 0.25) is 5.28 Å². The third-order valence-corrected chi connectivity index (χ3v) is 3.51. The van der Waals surface area contributed by atoms with E-state index in [1.165, 1.54) is 4.88 Å². The Kier molecular flexibility index (Phi) is 2.80. The van der Waals surface area contributed by atoms with E-state index in [1.54, 1.807) is 11.3 Å². The van der Waals surface area contributed by atoms with E-state index in [1.807, 2.05) is 19.0 Å². The van der Waals surface area contributed by atoms with Crippen molar-refractivity contribution in [3.05, 3.63) is 16.2 Å². The van der Waals surface area contributed by atoms with Crippen LogP contribution in [0.3, 0.4) is 0 Å². The fraction of sp³-hybridized carbons (Fsp3) is 0.400. The first-order valence-corrected chi connectivity index (χ1v) is 5.94. The molecular weight excluding hydrogens is 230 g/mol. The molecule has 5 heteroatoms. The van der Waals surface area contributed by atoms with Gasteiger partial charge >= 0.3 is 0 Å². The molecule has 0 fully saturated rings. The summed E-state index contributed by atoms with van der Waals surface area (Å²) in [6.07, 6.45) is 1.02. The first-order chi connectivity index (χ1) is 7.11. The van der Waals surface area contributed by atoms with Crippen molar-refractivity contribution in [1.29, 1.82) is 0 Å². The van der Waals surface area contributed by atoms with E-state index in [0.717, 1.165) is 22.5 Å². The molecule has 2 rings (SSSR count). The largest absolute Gasteiger partial charge is 0.362 e.